The molecule has 7 heteroatoms. The Morgan fingerprint density at radius 2 is 1.84 bits per heavy atom. The topological polar surface area (TPSA) is 75.4 Å². The summed E-state index contributed by atoms with van der Waals surface area (Å²) in [7, 11) is 3.64. The zero-order chi connectivity index (χ0) is 21.8. The summed E-state index contributed by atoms with van der Waals surface area (Å²) in [6, 6.07) is 12.2. The number of likely N-dealkylation sites (N-methyl/N-ethyl adjacent to an activating group) is 1. The van der Waals surface area contributed by atoms with E-state index in [1.807, 2.05) is 30.3 Å². The van der Waals surface area contributed by atoms with Crippen LogP contribution in [0.25, 0.3) is 22.3 Å². The normalized spacial score (nSPS) is 15.3. The number of phenolic OH excluding ortho intramolecular Hbond substituents is 1. The minimum absolute atomic E-state index is 0.0846. The number of aromatic hydroxyl groups is 1. The summed E-state index contributed by atoms with van der Waals surface area (Å²) in [6.07, 6.45) is 0.847. The monoisotopic (exact) mass is 424 g/mol. The van der Waals surface area contributed by atoms with Crippen LogP contribution in [0.3, 0.4) is 0 Å². The first kappa shape index (κ1) is 21.2. The van der Waals surface area contributed by atoms with E-state index in [0.717, 1.165) is 44.7 Å². The second kappa shape index (κ2) is 9.41. The first-order valence-electron chi connectivity index (χ1n) is 10.5. The zero-order valence-corrected chi connectivity index (χ0v) is 18.0. The summed E-state index contributed by atoms with van der Waals surface area (Å²) in [4.78, 5) is 17.5. The van der Waals surface area contributed by atoms with Gasteiger partial charge in [-0.15, -0.1) is 0 Å². The molecule has 0 radical (unpaired) electrons. The second-order valence-corrected chi connectivity index (χ2v) is 7.82. The molecule has 1 aliphatic rings. The van der Waals surface area contributed by atoms with Crippen molar-refractivity contribution >= 4 is 11.0 Å². The molecule has 2 heterocycles. The van der Waals surface area contributed by atoms with Crippen molar-refractivity contribution in [2.24, 2.45) is 0 Å². The van der Waals surface area contributed by atoms with Crippen LogP contribution >= 0.6 is 0 Å². The SMILES string of the molecule is COc1c(OCCCN2CCN(C)CC2)cc(O)c2c(=O)cc(-c3ccccc3)oc12. The average molecular weight is 424 g/mol. The van der Waals surface area contributed by atoms with E-state index in [9.17, 15) is 9.90 Å². The maximum Gasteiger partial charge on any atom is 0.205 e. The Hall–Kier alpha value is -3.03. The van der Waals surface area contributed by atoms with Gasteiger partial charge >= 0.3 is 0 Å². The molecule has 0 saturated carbocycles. The number of benzene rings is 2. The minimum atomic E-state index is -0.336. The van der Waals surface area contributed by atoms with E-state index in [1.165, 1.54) is 19.2 Å². The molecule has 3 aromatic rings. The van der Waals surface area contributed by atoms with Gasteiger partial charge in [-0.1, -0.05) is 30.3 Å². The standard InChI is InChI=1S/C24H28N2O5/c1-25-10-12-26(13-11-25)9-6-14-30-21-16-19(28)22-18(27)15-20(17-7-4-3-5-8-17)31-24(22)23(21)29-2/h3-5,7-8,15-16,28H,6,9-14H2,1-2H3. The summed E-state index contributed by atoms with van der Waals surface area (Å²) >= 11 is 0. The lowest BCUT2D eigenvalue weighted by Gasteiger charge is -2.32. The lowest BCUT2D eigenvalue weighted by Crippen LogP contribution is -2.44. The smallest absolute Gasteiger partial charge is 0.205 e. The van der Waals surface area contributed by atoms with Crippen molar-refractivity contribution in [3.05, 3.63) is 52.7 Å². The number of ether oxygens (including phenoxy) is 2. The lowest BCUT2D eigenvalue weighted by molar-refractivity contribution is 0.145. The van der Waals surface area contributed by atoms with Crippen LogP contribution in [0.5, 0.6) is 17.2 Å². The van der Waals surface area contributed by atoms with E-state index in [1.54, 1.807) is 0 Å². The summed E-state index contributed by atoms with van der Waals surface area (Å²) in [5.74, 6) is 0.891. The first-order chi connectivity index (χ1) is 15.1. The van der Waals surface area contributed by atoms with Crippen LogP contribution in [0, 0.1) is 0 Å². The molecule has 164 valence electrons. The van der Waals surface area contributed by atoms with E-state index < -0.39 is 0 Å². The number of hydrogen-bond donors (Lipinski definition) is 1. The summed E-state index contributed by atoms with van der Waals surface area (Å²) in [6.45, 7) is 5.69. The van der Waals surface area contributed by atoms with Gasteiger partial charge in [0.05, 0.1) is 13.7 Å². The van der Waals surface area contributed by atoms with Gasteiger partial charge in [0.1, 0.15) is 16.9 Å². The van der Waals surface area contributed by atoms with Crippen LogP contribution in [0.2, 0.25) is 0 Å². The number of fused-ring (bicyclic) bond motifs is 1. The third-order valence-electron chi connectivity index (χ3n) is 5.64. The van der Waals surface area contributed by atoms with Gasteiger partial charge in [-0.25, -0.2) is 0 Å². The van der Waals surface area contributed by atoms with Gasteiger partial charge in [0.15, 0.2) is 16.8 Å². The Morgan fingerprint density at radius 1 is 1.10 bits per heavy atom. The fourth-order valence-electron chi connectivity index (χ4n) is 3.86. The predicted octanol–water partition coefficient (Wildman–Crippen LogP) is 3.19. The molecular weight excluding hydrogens is 396 g/mol. The van der Waals surface area contributed by atoms with Crippen LogP contribution < -0.4 is 14.9 Å². The summed E-state index contributed by atoms with van der Waals surface area (Å²) < 4.78 is 17.5. The second-order valence-electron chi connectivity index (χ2n) is 7.82. The third-order valence-corrected chi connectivity index (χ3v) is 5.64. The number of phenols is 1. The van der Waals surface area contributed by atoms with Crippen molar-refractivity contribution in [1.29, 1.82) is 0 Å². The molecule has 0 aliphatic carbocycles. The molecule has 0 atom stereocenters. The minimum Gasteiger partial charge on any atom is -0.507 e. The van der Waals surface area contributed by atoms with Gasteiger partial charge in [0, 0.05) is 50.4 Å². The van der Waals surface area contributed by atoms with E-state index in [2.05, 4.69) is 16.8 Å². The Bertz CT molecular complexity index is 1090. The fourth-order valence-corrected chi connectivity index (χ4v) is 3.86. The molecule has 1 aromatic heterocycles. The molecule has 1 aliphatic heterocycles. The maximum absolute atomic E-state index is 12.7. The molecule has 2 aromatic carbocycles. The molecule has 1 N–H and O–H groups in total. The Kier molecular flexibility index (Phi) is 6.44. The molecule has 4 rings (SSSR count). The Labute approximate surface area is 181 Å². The Morgan fingerprint density at radius 3 is 2.55 bits per heavy atom. The predicted molar refractivity (Wildman–Crippen MR) is 120 cm³/mol. The van der Waals surface area contributed by atoms with Gasteiger partial charge in [0.25, 0.3) is 0 Å². The maximum atomic E-state index is 12.7. The Balaban J connectivity index is 1.56. The van der Waals surface area contributed by atoms with Crippen molar-refractivity contribution < 1.29 is 19.0 Å². The average Bonchev–Trinajstić information content (AvgIpc) is 2.78. The van der Waals surface area contributed by atoms with Gasteiger partial charge in [0.2, 0.25) is 5.75 Å². The first-order valence-corrected chi connectivity index (χ1v) is 10.5. The highest BCUT2D eigenvalue weighted by Gasteiger charge is 2.20. The van der Waals surface area contributed by atoms with E-state index in [0.29, 0.717) is 23.9 Å². The molecule has 0 amide bonds. The van der Waals surface area contributed by atoms with E-state index in [4.69, 9.17) is 13.9 Å². The van der Waals surface area contributed by atoms with Crippen molar-refractivity contribution in [2.75, 3.05) is 53.5 Å². The van der Waals surface area contributed by atoms with Gasteiger partial charge < -0.3 is 28.8 Å². The highest BCUT2D eigenvalue weighted by Crippen LogP contribution is 2.41. The molecule has 0 spiro atoms. The van der Waals surface area contributed by atoms with Crippen molar-refractivity contribution in [2.45, 2.75) is 6.42 Å². The van der Waals surface area contributed by atoms with Gasteiger partial charge in [-0.3, -0.25) is 4.79 Å². The van der Waals surface area contributed by atoms with Crippen molar-refractivity contribution in [3.8, 4) is 28.6 Å². The summed E-state index contributed by atoms with van der Waals surface area (Å²) in [5, 5.41) is 10.6. The molecule has 1 fully saturated rings. The number of rotatable bonds is 7. The van der Waals surface area contributed by atoms with Gasteiger partial charge in [-0.05, 0) is 13.5 Å². The third kappa shape index (κ3) is 4.68. The molecule has 1 saturated heterocycles. The molecular formula is C24H28N2O5. The lowest BCUT2D eigenvalue weighted by atomic mass is 10.1. The molecule has 0 bridgehead atoms. The molecule has 0 unspecified atom stereocenters. The fraction of sp³-hybridized carbons (Fsp3) is 0.375. The number of hydrogen-bond acceptors (Lipinski definition) is 7. The van der Waals surface area contributed by atoms with E-state index >= 15 is 0 Å². The van der Waals surface area contributed by atoms with Crippen molar-refractivity contribution in [3.63, 3.8) is 0 Å². The van der Waals surface area contributed by atoms with Crippen LogP contribution in [0.4, 0.5) is 0 Å². The molecule has 31 heavy (non-hydrogen) atoms. The highest BCUT2D eigenvalue weighted by atomic mass is 16.5. The largest absolute Gasteiger partial charge is 0.507 e. The van der Waals surface area contributed by atoms with Crippen LogP contribution in [0.1, 0.15) is 6.42 Å². The zero-order valence-electron chi connectivity index (χ0n) is 18.0. The number of methoxy groups -OCH3 is 1. The number of nitrogens with zero attached hydrogens (tertiary/aromatic N) is 2. The van der Waals surface area contributed by atoms with Crippen LogP contribution in [-0.2, 0) is 0 Å². The van der Waals surface area contributed by atoms with E-state index in [-0.39, 0.29) is 22.1 Å². The number of piperazine rings is 1. The van der Waals surface area contributed by atoms with Crippen LogP contribution in [0.15, 0.2) is 51.7 Å². The quantitative estimate of drug-likeness (QED) is 0.584. The van der Waals surface area contributed by atoms with Crippen LogP contribution in [-0.4, -0.2) is 68.4 Å². The summed E-state index contributed by atoms with van der Waals surface area (Å²) in [5.41, 5.74) is 0.613. The van der Waals surface area contributed by atoms with Crippen molar-refractivity contribution in [1.82, 2.24) is 9.80 Å². The van der Waals surface area contributed by atoms with Gasteiger partial charge in [-0.2, -0.15) is 0 Å². The molecule has 7 nitrogen and oxygen atoms in total. The highest BCUT2D eigenvalue weighted by molar-refractivity contribution is 5.91.